The Morgan fingerprint density at radius 2 is 1.50 bits per heavy atom. The smallest absolute Gasteiger partial charge is 0.0577 e. The predicted molar refractivity (Wildman–Crippen MR) is 81.9 cm³/mol. The van der Waals surface area contributed by atoms with E-state index in [1.54, 1.807) is 23.9 Å². The Hall–Kier alpha value is -0.540. The van der Waals surface area contributed by atoms with E-state index in [0.717, 1.165) is 21.2 Å². The van der Waals surface area contributed by atoms with E-state index in [4.69, 9.17) is 40.5 Å². The molecule has 0 aliphatic carbocycles. The molecule has 0 spiro atoms. The molecule has 5 heteroatoms. The topological polar surface area (TPSA) is 26.0 Å². The van der Waals surface area contributed by atoms with Crippen LogP contribution >= 0.6 is 46.6 Å². The minimum atomic E-state index is 0.570. The van der Waals surface area contributed by atoms with E-state index in [-0.39, 0.29) is 0 Å². The largest absolute Gasteiger partial charge is 0.399 e. The highest BCUT2D eigenvalue weighted by Gasteiger charge is 2.08. The highest BCUT2D eigenvalue weighted by molar-refractivity contribution is 7.98. The highest BCUT2D eigenvalue weighted by atomic mass is 35.5. The van der Waals surface area contributed by atoms with Crippen molar-refractivity contribution in [2.45, 2.75) is 10.6 Å². The summed E-state index contributed by atoms with van der Waals surface area (Å²) in [5, 5.41) is 1.89. The second-order valence-corrected chi connectivity index (χ2v) is 5.97. The molecule has 0 aliphatic rings. The van der Waals surface area contributed by atoms with Crippen LogP contribution < -0.4 is 5.73 Å². The van der Waals surface area contributed by atoms with E-state index < -0.39 is 0 Å². The predicted octanol–water partition coefficient (Wildman–Crippen LogP) is 5.52. The van der Waals surface area contributed by atoms with Crippen LogP contribution in [0.1, 0.15) is 5.56 Å². The molecule has 0 saturated heterocycles. The van der Waals surface area contributed by atoms with Gasteiger partial charge >= 0.3 is 0 Å². The lowest BCUT2D eigenvalue weighted by molar-refractivity contribution is 1.38. The molecule has 94 valence electrons. The summed E-state index contributed by atoms with van der Waals surface area (Å²) < 4.78 is 0. The Labute approximate surface area is 125 Å². The Kier molecular flexibility index (Phi) is 4.68. The number of thioether (sulfide) groups is 1. The molecule has 18 heavy (non-hydrogen) atoms. The Morgan fingerprint density at radius 3 is 2.06 bits per heavy atom. The fourth-order valence-corrected chi connectivity index (χ4v) is 3.31. The van der Waals surface area contributed by atoms with Gasteiger partial charge in [0.25, 0.3) is 0 Å². The quantitative estimate of drug-likeness (QED) is 0.595. The van der Waals surface area contributed by atoms with Gasteiger partial charge in [-0.15, -0.1) is 11.8 Å². The SMILES string of the molecule is Nc1cc(Cl)c(SCc2ccc(Cl)cc2)c(Cl)c1. The van der Waals surface area contributed by atoms with Crippen LogP contribution in [0.4, 0.5) is 5.69 Å². The van der Waals surface area contributed by atoms with Crippen molar-refractivity contribution in [1.29, 1.82) is 0 Å². The second-order valence-electron chi connectivity index (χ2n) is 3.73. The molecular weight excluding hydrogens is 309 g/mol. The normalized spacial score (nSPS) is 10.6. The first-order valence-electron chi connectivity index (χ1n) is 5.18. The molecule has 0 fully saturated rings. The van der Waals surface area contributed by atoms with E-state index in [1.165, 1.54) is 0 Å². The van der Waals surface area contributed by atoms with Gasteiger partial charge in [0.2, 0.25) is 0 Å². The lowest BCUT2D eigenvalue weighted by Gasteiger charge is -2.08. The standard InChI is InChI=1S/C13H10Cl3NS/c14-9-3-1-8(2-4-9)7-18-13-11(15)5-10(17)6-12(13)16/h1-6H,7,17H2. The summed E-state index contributed by atoms with van der Waals surface area (Å²) in [7, 11) is 0. The molecule has 0 heterocycles. The summed E-state index contributed by atoms with van der Waals surface area (Å²) in [6, 6.07) is 11.1. The number of halogens is 3. The maximum atomic E-state index is 6.12. The van der Waals surface area contributed by atoms with E-state index in [1.807, 2.05) is 24.3 Å². The van der Waals surface area contributed by atoms with Gasteiger partial charge in [0.05, 0.1) is 10.0 Å². The Balaban J connectivity index is 2.13. The molecule has 0 unspecified atom stereocenters. The maximum absolute atomic E-state index is 6.12. The first kappa shape index (κ1) is 13.9. The van der Waals surface area contributed by atoms with Crippen LogP contribution in [0.25, 0.3) is 0 Å². The van der Waals surface area contributed by atoms with Crippen molar-refractivity contribution in [3.8, 4) is 0 Å². The van der Waals surface area contributed by atoms with Crippen molar-refractivity contribution in [2.75, 3.05) is 5.73 Å². The van der Waals surface area contributed by atoms with Crippen LogP contribution in [-0.2, 0) is 5.75 Å². The van der Waals surface area contributed by atoms with Crippen molar-refractivity contribution >= 4 is 52.3 Å². The molecule has 0 bridgehead atoms. The number of hydrogen-bond donors (Lipinski definition) is 1. The van der Waals surface area contributed by atoms with Crippen molar-refractivity contribution in [1.82, 2.24) is 0 Å². The number of nitrogen functional groups attached to an aromatic ring is 1. The lowest BCUT2D eigenvalue weighted by atomic mass is 10.2. The van der Waals surface area contributed by atoms with E-state index in [2.05, 4.69) is 0 Å². The molecule has 2 aromatic carbocycles. The fraction of sp³-hybridized carbons (Fsp3) is 0.0769. The minimum absolute atomic E-state index is 0.570. The first-order chi connectivity index (χ1) is 8.56. The third-order valence-corrected chi connectivity index (χ3v) is 4.60. The number of rotatable bonds is 3. The van der Waals surface area contributed by atoms with Crippen LogP contribution in [0.3, 0.4) is 0 Å². The Morgan fingerprint density at radius 1 is 0.944 bits per heavy atom. The van der Waals surface area contributed by atoms with Gasteiger partial charge in [-0.2, -0.15) is 0 Å². The lowest BCUT2D eigenvalue weighted by Crippen LogP contribution is -1.87. The van der Waals surface area contributed by atoms with E-state index in [9.17, 15) is 0 Å². The molecule has 0 aromatic heterocycles. The van der Waals surface area contributed by atoms with Gasteiger partial charge in [-0.05, 0) is 29.8 Å². The Bertz CT molecular complexity index is 532. The number of hydrogen-bond acceptors (Lipinski definition) is 2. The van der Waals surface area contributed by atoms with Crippen LogP contribution in [0, 0.1) is 0 Å². The molecule has 0 aliphatic heterocycles. The zero-order chi connectivity index (χ0) is 13.1. The third kappa shape index (κ3) is 3.48. The summed E-state index contributed by atoms with van der Waals surface area (Å²) in [5.74, 6) is 0.778. The van der Waals surface area contributed by atoms with Crippen molar-refractivity contribution in [2.24, 2.45) is 0 Å². The zero-order valence-electron chi connectivity index (χ0n) is 9.29. The van der Waals surface area contributed by atoms with Gasteiger partial charge in [-0.25, -0.2) is 0 Å². The van der Waals surface area contributed by atoms with E-state index >= 15 is 0 Å². The van der Waals surface area contributed by atoms with Crippen LogP contribution in [0.2, 0.25) is 15.1 Å². The average molecular weight is 319 g/mol. The molecule has 0 saturated carbocycles. The second kappa shape index (κ2) is 6.07. The van der Waals surface area contributed by atoms with Gasteiger partial charge in [-0.3, -0.25) is 0 Å². The van der Waals surface area contributed by atoms with Crippen molar-refractivity contribution in [3.63, 3.8) is 0 Å². The number of anilines is 1. The molecular formula is C13H10Cl3NS. The highest BCUT2D eigenvalue weighted by Crippen LogP contribution is 2.37. The van der Waals surface area contributed by atoms with Gasteiger partial charge in [0.1, 0.15) is 0 Å². The molecule has 0 atom stereocenters. The molecule has 1 nitrogen and oxygen atoms in total. The number of benzene rings is 2. The number of nitrogens with two attached hydrogens (primary N) is 1. The van der Waals surface area contributed by atoms with Crippen LogP contribution in [0.15, 0.2) is 41.3 Å². The van der Waals surface area contributed by atoms with E-state index in [0.29, 0.717) is 15.7 Å². The maximum Gasteiger partial charge on any atom is 0.0577 e. The van der Waals surface area contributed by atoms with Crippen LogP contribution in [0.5, 0.6) is 0 Å². The zero-order valence-corrected chi connectivity index (χ0v) is 12.4. The molecule has 2 rings (SSSR count). The van der Waals surface area contributed by atoms with Crippen molar-refractivity contribution < 1.29 is 0 Å². The van der Waals surface area contributed by atoms with Gasteiger partial charge in [0.15, 0.2) is 0 Å². The summed E-state index contributed by atoms with van der Waals surface area (Å²) in [6.45, 7) is 0. The monoisotopic (exact) mass is 317 g/mol. The molecule has 0 radical (unpaired) electrons. The molecule has 2 aromatic rings. The summed E-state index contributed by atoms with van der Waals surface area (Å²) in [5.41, 5.74) is 7.39. The van der Waals surface area contributed by atoms with Gasteiger partial charge in [-0.1, -0.05) is 46.9 Å². The molecule has 2 N–H and O–H groups in total. The van der Waals surface area contributed by atoms with Crippen molar-refractivity contribution in [3.05, 3.63) is 57.0 Å². The van der Waals surface area contributed by atoms with Crippen LogP contribution in [-0.4, -0.2) is 0 Å². The summed E-state index contributed by atoms with van der Waals surface area (Å²) >= 11 is 19.7. The summed E-state index contributed by atoms with van der Waals surface area (Å²) in [6.07, 6.45) is 0. The summed E-state index contributed by atoms with van der Waals surface area (Å²) in [4.78, 5) is 0.850. The van der Waals surface area contributed by atoms with Gasteiger partial charge in [0, 0.05) is 21.4 Å². The third-order valence-electron chi connectivity index (χ3n) is 2.32. The first-order valence-corrected chi connectivity index (χ1v) is 7.30. The fourth-order valence-electron chi connectivity index (χ4n) is 1.45. The average Bonchev–Trinajstić information content (AvgIpc) is 2.30. The molecule has 0 amide bonds. The van der Waals surface area contributed by atoms with Gasteiger partial charge < -0.3 is 5.73 Å². The minimum Gasteiger partial charge on any atom is -0.399 e.